The summed E-state index contributed by atoms with van der Waals surface area (Å²) in [6.45, 7) is 3.77. The number of carbonyl (C=O) groups is 1. The van der Waals surface area contributed by atoms with Crippen molar-refractivity contribution in [1.29, 1.82) is 0 Å². The second-order valence-electron chi connectivity index (χ2n) is 6.51. The molecule has 0 saturated heterocycles. The molecule has 31 heavy (non-hydrogen) atoms. The molecule has 0 fully saturated rings. The summed E-state index contributed by atoms with van der Waals surface area (Å²) in [6, 6.07) is 10.6. The monoisotopic (exact) mass is 423 g/mol. The summed E-state index contributed by atoms with van der Waals surface area (Å²) >= 11 is 0. The van der Waals surface area contributed by atoms with Crippen molar-refractivity contribution in [3.63, 3.8) is 0 Å². The Morgan fingerprint density at radius 3 is 2.39 bits per heavy atom. The molecule has 12 heteroatoms. The molecule has 0 aliphatic carbocycles. The van der Waals surface area contributed by atoms with Crippen LogP contribution in [0.15, 0.2) is 48.8 Å². The Hall–Kier alpha value is -4.61. The number of hydrogen-bond donors (Lipinski definition) is 3. The Kier molecular flexibility index (Phi) is 6.00. The third-order valence-electron chi connectivity index (χ3n) is 4.25. The Balaban J connectivity index is 1.84. The van der Waals surface area contributed by atoms with Crippen molar-refractivity contribution >= 4 is 34.6 Å². The van der Waals surface area contributed by atoms with Gasteiger partial charge in [0, 0.05) is 23.4 Å². The predicted molar refractivity (Wildman–Crippen MR) is 112 cm³/mol. The zero-order chi connectivity index (χ0) is 22.5. The SMILES string of the molecule is Cc1ccc(Nc2ncnc(NNC(=O)c3cccc([N+](=O)[O-])c3)c2[N+](=O)[O-])c(C)c1. The highest BCUT2D eigenvalue weighted by Crippen LogP contribution is 2.31. The van der Waals surface area contributed by atoms with E-state index in [1.165, 1.54) is 18.2 Å². The predicted octanol–water partition coefficient (Wildman–Crippen LogP) is 3.41. The maximum Gasteiger partial charge on any atom is 0.355 e. The Morgan fingerprint density at radius 1 is 0.968 bits per heavy atom. The molecular weight excluding hydrogens is 406 g/mol. The number of nitro groups is 2. The number of nitrogens with one attached hydrogen (secondary N) is 3. The average molecular weight is 423 g/mol. The van der Waals surface area contributed by atoms with E-state index in [4.69, 9.17) is 0 Å². The lowest BCUT2D eigenvalue weighted by Gasteiger charge is -2.12. The fraction of sp³-hybridized carbons (Fsp3) is 0.105. The number of non-ortho nitro benzene ring substituents is 1. The van der Waals surface area contributed by atoms with Crippen LogP contribution in [0.5, 0.6) is 0 Å². The summed E-state index contributed by atoms with van der Waals surface area (Å²) < 4.78 is 0. The van der Waals surface area contributed by atoms with Crippen LogP contribution in [0.4, 0.5) is 28.7 Å². The number of nitrogens with zero attached hydrogens (tertiary/aromatic N) is 4. The van der Waals surface area contributed by atoms with Crippen molar-refractivity contribution in [1.82, 2.24) is 15.4 Å². The molecule has 3 N–H and O–H groups in total. The number of aryl methyl sites for hydroxylation is 2. The van der Waals surface area contributed by atoms with E-state index < -0.39 is 21.4 Å². The van der Waals surface area contributed by atoms with Gasteiger partial charge < -0.3 is 5.32 Å². The van der Waals surface area contributed by atoms with Gasteiger partial charge in [0.05, 0.1) is 9.85 Å². The molecule has 1 aromatic heterocycles. The van der Waals surface area contributed by atoms with Crippen molar-refractivity contribution in [2.45, 2.75) is 13.8 Å². The standard InChI is InChI=1S/C19H17N7O5/c1-11-6-7-15(12(2)8-11)22-17-16(26(30)31)18(21-10-20-17)23-24-19(27)13-4-3-5-14(9-13)25(28)29/h3-10H,1-2H3,(H,24,27)(H2,20,21,22,23). The van der Waals surface area contributed by atoms with Crippen LogP contribution in [0, 0.1) is 34.1 Å². The van der Waals surface area contributed by atoms with E-state index in [1.807, 2.05) is 26.0 Å². The molecule has 158 valence electrons. The molecular formula is C19H17N7O5. The Bertz CT molecular complexity index is 1180. The molecule has 2 aromatic carbocycles. The first-order valence-corrected chi connectivity index (χ1v) is 8.90. The average Bonchev–Trinajstić information content (AvgIpc) is 2.73. The summed E-state index contributed by atoms with van der Waals surface area (Å²) in [5.74, 6) is -1.06. The molecule has 0 aliphatic heterocycles. The smallest absolute Gasteiger partial charge is 0.334 e. The number of rotatable bonds is 7. The van der Waals surface area contributed by atoms with Crippen molar-refractivity contribution in [3.8, 4) is 0 Å². The van der Waals surface area contributed by atoms with Crippen molar-refractivity contribution < 1.29 is 14.6 Å². The van der Waals surface area contributed by atoms with E-state index in [2.05, 4.69) is 26.1 Å². The van der Waals surface area contributed by atoms with Crippen LogP contribution in [-0.2, 0) is 0 Å². The first-order chi connectivity index (χ1) is 14.8. The zero-order valence-corrected chi connectivity index (χ0v) is 16.4. The van der Waals surface area contributed by atoms with Gasteiger partial charge in [-0.1, -0.05) is 23.8 Å². The largest absolute Gasteiger partial charge is 0.355 e. The van der Waals surface area contributed by atoms with Gasteiger partial charge in [-0.3, -0.25) is 35.9 Å². The van der Waals surface area contributed by atoms with Crippen LogP contribution < -0.4 is 16.2 Å². The third-order valence-corrected chi connectivity index (χ3v) is 4.25. The van der Waals surface area contributed by atoms with Crippen LogP contribution in [0.3, 0.4) is 0 Å². The minimum absolute atomic E-state index is 0.00737. The first kappa shape index (κ1) is 21.1. The molecule has 1 amide bonds. The van der Waals surface area contributed by atoms with Gasteiger partial charge in [-0.15, -0.1) is 0 Å². The topological polar surface area (TPSA) is 165 Å². The molecule has 0 spiro atoms. The molecule has 3 aromatic rings. The van der Waals surface area contributed by atoms with Gasteiger partial charge in [-0.05, 0) is 31.5 Å². The maximum atomic E-state index is 12.3. The number of amides is 1. The highest BCUT2D eigenvalue weighted by molar-refractivity contribution is 5.95. The van der Waals surface area contributed by atoms with Gasteiger partial charge in [-0.2, -0.15) is 0 Å². The summed E-state index contributed by atoms with van der Waals surface area (Å²) in [4.78, 5) is 41.3. The van der Waals surface area contributed by atoms with Gasteiger partial charge in [0.15, 0.2) is 0 Å². The van der Waals surface area contributed by atoms with E-state index in [9.17, 15) is 25.0 Å². The second kappa shape index (κ2) is 8.82. The molecule has 0 bridgehead atoms. The summed E-state index contributed by atoms with van der Waals surface area (Å²) in [5.41, 5.74) is 6.41. The molecule has 0 saturated carbocycles. The van der Waals surface area contributed by atoms with Crippen LogP contribution in [0.2, 0.25) is 0 Å². The van der Waals surface area contributed by atoms with E-state index in [-0.39, 0.29) is 22.9 Å². The second-order valence-corrected chi connectivity index (χ2v) is 6.51. The van der Waals surface area contributed by atoms with Gasteiger partial charge in [0.1, 0.15) is 6.33 Å². The number of aromatic nitrogens is 2. The zero-order valence-electron chi connectivity index (χ0n) is 16.4. The molecule has 3 rings (SSSR count). The Morgan fingerprint density at radius 2 is 1.71 bits per heavy atom. The van der Waals surface area contributed by atoms with Crippen LogP contribution in [-0.4, -0.2) is 25.7 Å². The number of carbonyl (C=O) groups excluding carboxylic acids is 1. The summed E-state index contributed by atoms with van der Waals surface area (Å²) in [5, 5.41) is 25.4. The number of anilines is 3. The van der Waals surface area contributed by atoms with E-state index in [1.54, 1.807) is 6.07 Å². The van der Waals surface area contributed by atoms with Crippen LogP contribution in [0.25, 0.3) is 0 Å². The highest BCUT2D eigenvalue weighted by atomic mass is 16.6. The van der Waals surface area contributed by atoms with Gasteiger partial charge >= 0.3 is 5.69 Å². The maximum absolute atomic E-state index is 12.3. The first-order valence-electron chi connectivity index (χ1n) is 8.90. The molecule has 12 nitrogen and oxygen atoms in total. The van der Waals surface area contributed by atoms with Crippen LogP contribution in [0.1, 0.15) is 21.5 Å². The lowest BCUT2D eigenvalue weighted by Crippen LogP contribution is -2.30. The lowest BCUT2D eigenvalue weighted by atomic mass is 10.1. The number of hydrogen-bond acceptors (Lipinski definition) is 9. The number of benzene rings is 2. The molecule has 0 atom stereocenters. The third kappa shape index (κ3) is 4.87. The Labute approximate surface area is 175 Å². The van der Waals surface area contributed by atoms with Crippen molar-refractivity contribution in [2.24, 2.45) is 0 Å². The van der Waals surface area contributed by atoms with Crippen molar-refractivity contribution in [2.75, 3.05) is 10.7 Å². The fourth-order valence-electron chi connectivity index (χ4n) is 2.76. The van der Waals surface area contributed by atoms with E-state index in [0.717, 1.165) is 23.5 Å². The molecule has 0 aliphatic rings. The number of nitro benzene ring substituents is 1. The minimum Gasteiger partial charge on any atom is -0.334 e. The van der Waals surface area contributed by atoms with Gasteiger partial charge in [0.2, 0.25) is 11.6 Å². The number of hydrazine groups is 1. The summed E-state index contributed by atoms with van der Waals surface area (Å²) in [6.07, 6.45) is 1.10. The van der Waals surface area contributed by atoms with Gasteiger partial charge in [-0.25, -0.2) is 9.97 Å². The van der Waals surface area contributed by atoms with Crippen molar-refractivity contribution in [3.05, 3.63) is 85.7 Å². The van der Waals surface area contributed by atoms with Crippen LogP contribution >= 0.6 is 0 Å². The minimum atomic E-state index is -0.736. The molecule has 0 unspecified atom stereocenters. The van der Waals surface area contributed by atoms with E-state index in [0.29, 0.717) is 5.69 Å². The molecule has 0 radical (unpaired) electrons. The quantitative estimate of drug-likeness (QED) is 0.381. The van der Waals surface area contributed by atoms with Gasteiger partial charge in [0.25, 0.3) is 11.6 Å². The summed E-state index contributed by atoms with van der Waals surface area (Å²) in [7, 11) is 0. The normalized spacial score (nSPS) is 10.3. The highest BCUT2D eigenvalue weighted by Gasteiger charge is 2.24. The van der Waals surface area contributed by atoms with E-state index >= 15 is 0 Å². The fourth-order valence-corrected chi connectivity index (χ4v) is 2.76. The lowest BCUT2D eigenvalue weighted by molar-refractivity contribution is -0.384. The molecule has 1 heterocycles.